The first-order valence-corrected chi connectivity index (χ1v) is 10.9. The highest BCUT2D eigenvalue weighted by atomic mass is 35.5. The third-order valence-corrected chi connectivity index (χ3v) is 7.02. The summed E-state index contributed by atoms with van der Waals surface area (Å²) in [6.45, 7) is 0.701. The number of rotatable bonds is 8. The number of thiophene rings is 1. The van der Waals surface area contributed by atoms with Crippen LogP contribution in [0.2, 0.25) is 5.02 Å². The molecule has 0 aliphatic carbocycles. The van der Waals surface area contributed by atoms with Crippen LogP contribution in [0.25, 0.3) is 0 Å². The molecule has 3 aromatic rings. The highest BCUT2D eigenvalue weighted by molar-refractivity contribution is 7.91. The van der Waals surface area contributed by atoms with Gasteiger partial charge in [0.25, 0.3) is 0 Å². The normalized spacial score (nSPS) is 11.6. The average molecular weight is 415 g/mol. The van der Waals surface area contributed by atoms with Gasteiger partial charge in [-0.05, 0) is 29.1 Å². The number of halogens is 1. The molecular formula is C15H15ClN4O2S3. The van der Waals surface area contributed by atoms with Crippen molar-refractivity contribution < 1.29 is 8.42 Å². The number of hydrogen-bond donors (Lipinski definition) is 2. The van der Waals surface area contributed by atoms with E-state index in [0.717, 1.165) is 5.56 Å². The Hall–Kier alpha value is -1.52. The molecule has 6 nitrogen and oxygen atoms in total. The van der Waals surface area contributed by atoms with Gasteiger partial charge in [-0.2, -0.15) is 4.37 Å². The summed E-state index contributed by atoms with van der Waals surface area (Å²) in [6.07, 6.45) is 0.625. The molecule has 132 valence electrons. The fourth-order valence-corrected chi connectivity index (χ4v) is 4.83. The van der Waals surface area contributed by atoms with Crippen LogP contribution in [0, 0.1) is 0 Å². The second kappa shape index (κ2) is 8.24. The lowest BCUT2D eigenvalue weighted by atomic mass is 10.1. The lowest BCUT2D eigenvalue weighted by Crippen LogP contribution is -2.28. The second-order valence-electron chi connectivity index (χ2n) is 5.08. The van der Waals surface area contributed by atoms with E-state index < -0.39 is 10.0 Å². The van der Waals surface area contributed by atoms with Crippen molar-refractivity contribution >= 4 is 49.6 Å². The minimum atomic E-state index is -3.43. The summed E-state index contributed by atoms with van der Waals surface area (Å²) in [5.74, 6) is 0.717. The number of sulfonamides is 1. The second-order valence-corrected chi connectivity index (χ2v) is 9.21. The molecule has 0 fully saturated rings. The maximum Gasteiger partial charge on any atom is 0.250 e. The van der Waals surface area contributed by atoms with Crippen molar-refractivity contribution in [2.24, 2.45) is 0 Å². The fraction of sp³-hybridized carbons (Fsp3) is 0.200. The van der Waals surface area contributed by atoms with Crippen LogP contribution in [0.1, 0.15) is 11.4 Å². The Morgan fingerprint density at radius 2 is 1.92 bits per heavy atom. The Morgan fingerprint density at radius 3 is 2.64 bits per heavy atom. The third-order valence-electron chi connectivity index (χ3n) is 3.20. The van der Waals surface area contributed by atoms with Gasteiger partial charge >= 0.3 is 0 Å². The SMILES string of the molecule is O=S(=O)(NCCNc1nc(Cc2ccc(Cl)cc2)ns1)c1cccs1. The van der Waals surface area contributed by atoms with E-state index in [1.165, 1.54) is 22.9 Å². The molecule has 0 aliphatic rings. The standard InChI is InChI=1S/C15H15ClN4O2S3/c16-12-5-3-11(4-6-12)10-13-19-15(24-20-13)17-7-8-18-25(21,22)14-2-1-9-23-14/h1-6,9,18H,7-8,10H2,(H,17,19,20). The molecule has 0 unspecified atom stereocenters. The largest absolute Gasteiger partial charge is 0.359 e. The zero-order valence-corrected chi connectivity index (χ0v) is 16.2. The molecule has 1 aromatic carbocycles. The molecule has 2 aromatic heterocycles. The van der Waals surface area contributed by atoms with Crippen molar-refractivity contribution in [2.75, 3.05) is 18.4 Å². The Balaban J connectivity index is 1.46. The Bertz CT molecular complexity index is 909. The van der Waals surface area contributed by atoms with Gasteiger partial charge in [0.05, 0.1) is 0 Å². The minimum Gasteiger partial charge on any atom is -0.359 e. The zero-order valence-electron chi connectivity index (χ0n) is 13.0. The van der Waals surface area contributed by atoms with Crippen LogP contribution in [-0.4, -0.2) is 30.9 Å². The van der Waals surface area contributed by atoms with Gasteiger partial charge in [-0.1, -0.05) is 29.8 Å². The predicted molar refractivity (Wildman–Crippen MR) is 102 cm³/mol. The topological polar surface area (TPSA) is 84.0 Å². The summed E-state index contributed by atoms with van der Waals surface area (Å²) in [6, 6.07) is 10.8. The zero-order chi connectivity index (χ0) is 17.7. The monoisotopic (exact) mass is 414 g/mol. The Kier molecular flexibility index (Phi) is 6.02. The number of anilines is 1. The molecule has 0 spiro atoms. The van der Waals surface area contributed by atoms with Crippen molar-refractivity contribution in [3.8, 4) is 0 Å². The maximum absolute atomic E-state index is 12.0. The number of nitrogens with one attached hydrogen (secondary N) is 2. The van der Waals surface area contributed by atoms with Crippen molar-refractivity contribution in [1.29, 1.82) is 0 Å². The van der Waals surface area contributed by atoms with Crippen LogP contribution in [0.3, 0.4) is 0 Å². The molecule has 0 atom stereocenters. The van der Waals surface area contributed by atoms with Crippen molar-refractivity contribution in [3.05, 3.63) is 58.2 Å². The fourth-order valence-electron chi connectivity index (χ4n) is 2.02. The molecule has 0 amide bonds. The van der Waals surface area contributed by atoms with Crippen LogP contribution in [0.5, 0.6) is 0 Å². The van der Waals surface area contributed by atoms with Gasteiger partial charge in [-0.3, -0.25) is 0 Å². The molecule has 0 saturated heterocycles. The first kappa shape index (κ1) is 18.3. The summed E-state index contributed by atoms with van der Waals surface area (Å²) in [7, 11) is -3.43. The van der Waals surface area contributed by atoms with Gasteiger partial charge in [0.15, 0.2) is 0 Å². The average Bonchev–Trinajstić information content (AvgIpc) is 3.26. The number of benzene rings is 1. The summed E-state index contributed by atoms with van der Waals surface area (Å²) < 4.78 is 31.1. The van der Waals surface area contributed by atoms with E-state index in [-0.39, 0.29) is 6.54 Å². The van der Waals surface area contributed by atoms with Crippen molar-refractivity contribution in [2.45, 2.75) is 10.6 Å². The molecule has 0 bridgehead atoms. The molecule has 10 heteroatoms. The van der Waals surface area contributed by atoms with Gasteiger partial charge in [0.1, 0.15) is 10.0 Å². The van der Waals surface area contributed by atoms with E-state index in [0.29, 0.717) is 33.2 Å². The highest BCUT2D eigenvalue weighted by Gasteiger charge is 2.14. The third kappa shape index (κ3) is 5.23. The molecule has 0 aliphatic heterocycles. The molecule has 0 radical (unpaired) electrons. The van der Waals surface area contributed by atoms with Crippen LogP contribution < -0.4 is 10.0 Å². The Morgan fingerprint density at radius 1 is 1.12 bits per heavy atom. The van der Waals surface area contributed by atoms with Crippen LogP contribution in [0.4, 0.5) is 5.13 Å². The van der Waals surface area contributed by atoms with Gasteiger partial charge < -0.3 is 5.32 Å². The molecule has 2 heterocycles. The van der Waals surface area contributed by atoms with E-state index in [2.05, 4.69) is 19.4 Å². The van der Waals surface area contributed by atoms with Crippen LogP contribution in [0.15, 0.2) is 46.0 Å². The molecular weight excluding hydrogens is 400 g/mol. The highest BCUT2D eigenvalue weighted by Crippen LogP contribution is 2.17. The van der Waals surface area contributed by atoms with E-state index in [9.17, 15) is 8.42 Å². The quantitative estimate of drug-likeness (QED) is 0.553. The van der Waals surface area contributed by atoms with Gasteiger partial charge in [-0.15, -0.1) is 11.3 Å². The first-order valence-electron chi connectivity index (χ1n) is 7.37. The smallest absolute Gasteiger partial charge is 0.250 e. The van der Waals surface area contributed by atoms with Crippen LogP contribution >= 0.6 is 34.5 Å². The Labute approximate surface area is 159 Å². The summed E-state index contributed by atoms with van der Waals surface area (Å²) >= 11 is 8.31. The number of hydrogen-bond acceptors (Lipinski definition) is 7. The molecule has 3 rings (SSSR count). The van der Waals surface area contributed by atoms with E-state index in [1.807, 2.05) is 24.3 Å². The summed E-state index contributed by atoms with van der Waals surface area (Å²) in [4.78, 5) is 4.40. The summed E-state index contributed by atoms with van der Waals surface area (Å²) in [5, 5.41) is 6.17. The molecule has 0 saturated carbocycles. The van der Waals surface area contributed by atoms with Gasteiger partial charge in [-0.25, -0.2) is 18.1 Å². The summed E-state index contributed by atoms with van der Waals surface area (Å²) in [5.41, 5.74) is 1.08. The lowest BCUT2D eigenvalue weighted by Gasteiger charge is -2.05. The number of aromatic nitrogens is 2. The first-order chi connectivity index (χ1) is 12.0. The van der Waals surface area contributed by atoms with Gasteiger partial charge in [0.2, 0.25) is 15.2 Å². The number of nitrogens with zero attached hydrogens (tertiary/aromatic N) is 2. The van der Waals surface area contributed by atoms with E-state index in [4.69, 9.17) is 11.6 Å². The molecule has 25 heavy (non-hydrogen) atoms. The van der Waals surface area contributed by atoms with Crippen LogP contribution in [-0.2, 0) is 16.4 Å². The van der Waals surface area contributed by atoms with Crippen molar-refractivity contribution in [3.63, 3.8) is 0 Å². The van der Waals surface area contributed by atoms with E-state index >= 15 is 0 Å². The van der Waals surface area contributed by atoms with E-state index in [1.54, 1.807) is 17.5 Å². The predicted octanol–water partition coefficient (Wildman–Crippen LogP) is 3.23. The minimum absolute atomic E-state index is 0.270. The molecule has 2 N–H and O–H groups in total. The van der Waals surface area contributed by atoms with Gasteiger partial charge in [0, 0.05) is 36.1 Å². The maximum atomic E-state index is 12.0. The lowest BCUT2D eigenvalue weighted by molar-refractivity contribution is 0.585. The van der Waals surface area contributed by atoms with Crippen molar-refractivity contribution in [1.82, 2.24) is 14.1 Å².